The van der Waals surface area contributed by atoms with Crippen molar-refractivity contribution in [1.29, 1.82) is 0 Å². The van der Waals surface area contributed by atoms with Gasteiger partial charge in [0.05, 0.1) is 0 Å². The quantitative estimate of drug-likeness (QED) is 0.904. The van der Waals surface area contributed by atoms with E-state index in [1.807, 2.05) is 26.1 Å². The van der Waals surface area contributed by atoms with Gasteiger partial charge in [-0.05, 0) is 38.2 Å². The number of nitrogens with zero attached hydrogens (tertiary/aromatic N) is 1. The van der Waals surface area contributed by atoms with Gasteiger partial charge in [-0.2, -0.15) is 0 Å². The van der Waals surface area contributed by atoms with E-state index in [0.717, 1.165) is 5.56 Å². The molecule has 1 N–H and O–H groups in total. The lowest BCUT2D eigenvalue weighted by atomic mass is 10.1. The highest BCUT2D eigenvalue weighted by Crippen LogP contribution is 2.30. The molecule has 19 heavy (non-hydrogen) atoms. The summed E-state index contributed by atoms with van der Waals surface area (Å²) in [5.74, 6) is 1.11. The topological polar surface area (TPSA) is 34.2 Å². The predicted molar refractivity (Wildman–Crippen MR) is 78.2 cm³/mol. The van der Waals surface area contributed by atoms with E-state index in [2.05, 4.69) is 10.3 Å². The zero-order valence-electron chi connectivity index (χ0n) is 10.7. The Kier molecular flexibility index (Phi) is 4.64. The van der Waals surface area contributed by atoms with Crippen LogP contribution in [0.25, 0.3) is 0 Å². The molecule has 1 aromatic carbocycles. The molecule has 0 fully saturated rings. The number of hydrogen-bond acceptors (Lipinski definition) is 3. The van der Waals surface area contributed by atoms with Crippen LogP contribution in [0, 0.1) is 0 Å². The van der Waals surface area contributed by atoms with Crippen LogP contribution in [0.3, 0.4) is 0 Å². The lowest BCUT2D eigenvalue weighted by Gasteiger charge is -2.15. The molecule has 0 saturated heterocycles. The predicted octanol–water partition coefficient (Wildman–Crippen LogP) is 4.46. The molecule has 0 aliphatic carbocycles. The average Bonchev–Trinajstić information content (AvgIpc) is 2.37. The van der Waals surface area contributed by atoms with Crippen LogP contribution in [-0.2, 0) is 0 Å². The van der Waals surface area contributed by atoms with Crippen LogP contribution in [0.1, 0.15) is 18.5 Å². The Morgan fingerprint density at radius 2 is 1.89 bits per heavy atom. The molecule has 1 heterocycles. The van der Waals surface area contributed by atoms with Crippen LogP contribution < -0.4 is 10.1 Å². The Morgan fingerprint density at radius 3 is 2.53 bits per heavy atom. The molecule has 0 aliphatic heterocycles. The van der Waals surface area contributed by atoms with Crippen molar-refractivity contribution in [1.82, 2.24) is 10.3 Å². The molecule has 100 valence electrons. The van der Waals surface area contributed by atoms with Crippen molar-refractivity contribution < 1.29 is 4.74 Å². The van der Waals surface area contributed by atoms with Crippen molar-refractivity contribution in [3.63, 3.8) is 0 Å². The highest BCUT2D eigenvalue weighted by atomic mass is 35.5. The Balaban J connectivity index is 2.32. The Bertz CT molecular complexity index is 555. The third-order valence-corrected chi connectivity index (χ3v) is 3.19. The maximum absolute atomic E-state index is 5.95. The van der Waals surface area contributed by atoms with Gasteiger partial charge in [-0.1, -0.05) is 29.3 Å². The van der Waals surface area contributed by atoms with E-state index in [1.165, 1.54) is 0 Å². The smallest absolute Gasteiger partial charge is 0.223 e. The van der Waals surface area contributed by atoms with Crippen molar-refractivity contribution >= 4 is 23.2 Å². The van der Waals surface area contributed by atoms with Gasteiger partial charge in [0, 0.05) is 27.8 Å². The number of pyridine rings is 1. The minimum Gasteiger partial charge on any atom is -0.439 e. The molecule has 2 rings (SSSR count). The fraction of sp³-hybridized carbons (Fsp3) is 0.214. The SMILES string of the molecule is CNC(C)c1cccnc1Oc1cc(Cl)cc(Cl)c1. The zero-order valence-corrected chi connectivity index (χ0v) is 12.2. The molecule has 3 nitrogen and oxygen atoms in total. The second kappa shape index (κ2) is 6.24. The summed E-state index contributed by atoms with van der Waals surface area (Å²) in [5, 5.41) is 4.22. The molecule has 0 spiro atoms. The zero-order chi connectivity index (χ0) is 13.8. The van der Waals surface area contributed by atoms with Crippen LogP contribution in [-0.4, -0.2) is 12.0 Å². The van der Waals surface area contributed by atoms with Gasteiger partial charge >= 0.3 is 0 Å². The first-order chi connectivity index (χ1) is 9.10. The van der Waals surface area contributed by atoms with Gasteiger partial charge in [0.15, 0.2) is 0 Å². The first-order valence-corrected chi connectivity index (χ1v) is 6.62. The number of halogens is 2. The van der Waals surface area contributed by atoms with Crippen LogP contribution in [0.4, 0.5) is 0 Å². The van der Waals surface area contributed by atoms with E-state index in [0.29, 0.717) is 21.7 Å². The minimum atomic E-state index is 0.137. The molecule has 0 aliphatic rings. The summed E-state index contributed by atoms with van der Waals surface area (Å²) >= 11 is 11.9. The van der Waals surface area contributed by atoms with E-state index in [9.17, 15) is 0 Å². The van der Waals surface area contributed by atoms with Crippen molar-refractivity contribution in [2.45, 2.75) is 13.0 Å². The van der Waals surface area contributed by atoms with Crippen molar-refractivity contribution in [2.75, 3.05) is 7.05 Å². The number of hydrogen-bond donors (Lipinski definition) is 1. The van der Waals surface area contributed by atoms with Gasteiger partial charge < -0.3 is 10.1 Å². The van der Waals surface area contributed by atoms with Crippen molar-refractivity contribution in [3.05, 3.63) is 52.1 Å². The largest absolute Gasteiger partial charge is 0.439 e. The lowest BCUT2D eigenvalue weighted by Crippen LogP contribution is -2.13. The van der Waals surface area contributed by atoms with E-state index in [-0.39, 0.29) is 6.04 Å². The van der Waals surface area contributed by atoms with Gasteiger partial charge in [0.1, 0.15) is 5.75 Å². The van der Waals surface area contributed by atoms with E-state index in [4.69, 9.17) is 27.9 Å². The standard InChI is InChI=1S/C14H14Cl2N2O/c1-9(17-2)13-4-3-5-18-14(13)19-12-7-10(15)6-11(16)8-12/h3-9,17H,1-2H3. The van der Waals surface area contributed by atoms with E-state index < -0.39 is 0 Å². The molecule has 1 atom stereocenters. The lowest BCUT2D eigenvalue weighted by molar-refractivity contribution is 0.447. The monoisotopic (exact) mass is 296 g/mol. The average molecular weight is 297 g/mol. The maximum atomic E-state index is 5.95. The fourth-order valence-electron chi connectivity index (χ4n) is 1.67. The number of aromatic nitrogens is 1. The van der Waals surface area contributed by atoms with Gasteiger partial charge in [0.25, 0.3) is 0 Å². The summed E-state index contributed by atoms with van der Waals surface area (Å²) in [5.41, 5.74) is 0.973. The summed E-state index contributed by atoms with van der Waals surface area (Å²) in [4.78, 5) is 4.25. The summed E-state index contributed by atoms with van der Waals surface area (Å²) in [6.07, 6.45) is 1.69. The highest BCUT2D eigenvalue weighted by molar-refractivity contribution is 6.34. The van der Waals surface area contributed by atoms with Gasteiger partial charge in [-0.3, -0.25) is 0 Å². The Morgan fingerprint density at radius 1 is 1.21 bits per heavy atom. The van der Waals surface area contributed by atoms with Crippen LogP contribution >= 0.6 is 23.2 Å². The van der Waals surface area contributed by atoms with Crippen LogP contribution in [0.5, 0.6) is 11.6 Å². The highest BCUT2D eigenvalue weighted by Gasteiger charge is 2.12. The second-order valence-electron chi connectivity index (χ2n) is 4.12. The molecule has 0 saturated carbocycles. The molecule has 0 radical (unpaired) electrons. The van der Waals surface area contributed by atoms with E-state index >= 15 is 0 Å². The summed E-state index contributed by atoms with van der Waals surface area (Å²) in [6.45, 7) is 2.04. The normalized spacial score (nSPS) is 12.2. The molecule has 0 bridgehead atoms. The summed E-state index contributed by atoms with van der Waals surface area (Å²) in [6, 6.07) is 9.05. The summed E-state index contributed by atoms with van der Waals surface area (Å²) < 4.78 is 5.77. The van der Waals surface area contributed by atoms with Crippen LogP contribution in [0.15, 0.2) is 36.5 Å². The molecule has 1 aromatic heterocycles. The number of nitrogens with one attached hydrogen (secondary N) is 1. The van der Waals surface area contributed by atoms with Gasteiger partial charge in [-0.15, -0.1) is 0 Å². The van der Waals surface area contributed by atoms with Crippen LogP contribution in [0.2, 0.25) is 10.0 Å². The van der Waals surface area contributed by atoms with Gasteiger partial charge in [0.2, 0.25) is 5.88 Å². The first kappa shape index (κ1) is 14.1. The van der Waals surface area contributed by atoms with E-state index in [1.54, 1.807) is 24.4 Å². The van der Waals surface area contributed by atoms with Gasteiger partial charge in [-0.25, -0.2) is 4.98 Å². The van der Waals surface area contributed by atoms with Crippen molar-refractivity contribution in [3.8, 4) is 11.6 Å². The summed E-state index contributed by atoms with van der Waals surface area (Å²) in [7, 11) is 1.89. The number of rotatable bonds is 4. The number of benzene rings is 1. The molecule has 1 unspecified atom stereocenters. The maximum Gasteiger partial charge on any atom is 0.223 e. The molecule has 5 heteroatoms. The molecular weight excluding hydrogens is 283 g/mol. The third kappa shape index (κ3) is 3.60. The third-order valence-electron chi connectivity index (χ3n) is 2.75. The fourth-order valence-corrected chi connectivity index (χ4v) is 2.18. The Hall–Kier alpha value is -1.29. The molecule has 0 amide bonds. The minimum absolute atomic E-state index is 0.137. The molecule has 2 aromatic rings. The van der Waals surface area contributed by atoms with Crippen molar-refractivity contribution in [2.24, 2.45) is 0 Å². The molecular formula is C14H14Cl2N2O. The number of ether oxygens (including phenoxy) is 1. The second-order valence-corrected chi connectivity index (χ2v) is 4.99. The Labute approximate surface area is 122 Å². The first-order valence-electron chi connectivity index (χ1n) is 5.86.